The lowest BCUT2D eigenvalue weighted by Gasteiger charge is -2.11. The molecule has 0 bridgehead atoms. The maximum Gasteiger partial charge on any atom is 0.0634 e. The molecule has 0 fully saturated rings. The number of fused-ring (bicyclic) bond motifs is 10. The van der Waals surface area contributed by atoms with E-state index in [1.807, 2.05) is 11.3 Å². The quantitative estimate of drug-likeness (QED) is 0.201. The Labute approximate surface area is 253 Å². The number of benzene rings is 7. The molecule has 0 saturated heterocycles. The first kappa shape index (κ1) is 24.4. The smallest absolute Gasteiger partial charge is 0.0634 e. The molecule has 9 aromatic rings. The summed E-state index contributed by atoms with van der Waals surface area (Å²) in [4.78, 5) is 0. The Balaban J connectivity index is 1.46. The third-order valence-electron chi connectivity index (χ3n) is 8.84. The molecule has 0 aliphatic carbocycles. The van der Waals surface area contributed by atoms with Gasteiger partial charge in [-0.2, -0.15) is 0 Å². The Hall–Kier alpha value is -5.18. The predicted molar refractivity (Wildman–Crippen MR) is 187 cm³/mol. The Morgan fingerprint density at radius 2 is 1.09 bits per heavy atom. The van der Waals surface area contributed by atoms with Gasteiger partial charge in [-0.3, -0.25) is 0 Å². The largest absolute Gasteiger partial charge is 0.309 e. The summed E-state index contributed by atoms with van der Waals surface area (Å²) in [7, 11) is 0. The summed E-state index contributed by atoms with van der Waals surface area (Å²) in [6, 6.07) is 53.4. The van der Waals surface area contributed by atoms with Crippen molar-refractivity contribution in [3.8, 4) is 27.9 Å². The van der Waals surface area contributed by atoms with Gasteiger partial charge in [-0.1, -0.05) is 121 Å². The SMILES string of the molecule is Cc1ccc(-c2ccc3sc4c(c3c2)c2ccccc2c2c4c3ccc(-c4ccccc4)cc3n2-c2ccccc2)cc1. The van der Waals surface area contributed by atoms with Crippen LogP contribution in [0.2, 0.25) is 0 Å². The van der Waals surface area contributed by atoms with Crippen molar-refractivity contribution < 1.29 is 0 Å². The summed E-state index contributed by atoms with van der Waals surface area (Å²) in [6.45, 7) is 2.14. The van der Waals surface area contributed by atoms with Crippen LogP contribution >= 0.6 is 11.3 Å². The van der Waals surface area contributed by atoms with Crippen LogP contribution in [0.5, 0.6) is 0 Å². The third-order valence-corrected chi connectivity index (χ3v) is 10.0. The van der Waals surface area contributed by atoms with Crippen LogP contribution in [0, 0.1) is 6.92 Å². The number of thiophene rings is 1. The summed E-state index contributed by atoms with van der Waals surface area (Å²) in [5.74, 6) is 0. The van der Waals surface area contributed by atoms with Crippen molar-refractivity contribution in [2.24, 2.45) is 0 Å². The van der Waals surface area contributed by atoms with E-state index in [2.05, 4.69) is 157 Å². The van der Waals surface area contributed by atoms with Crippen molar-refractivity contribution in [2.45, 2.75) is 6.92 Å². The Morgan fingerprint density at radius 3 is 1.88 bits per heavy atom. The van der Waals surface area contributed by atoms with E-state index in [9.17, 15) is 0 Å². The molecule has 0 aliphatic rings. The normalized spacial score (nSPS) is 11.8. The number of nitrogens with zero attached hydrogens (tertiary/aromatic N) is 1. The van der Waals surface area contributed by atoms with E-state index >= 15 is 0 Å². The predicted octanol–water partition coefficient (Wildman–Crippen LogP) is 11.9. The number of rotatable bonds is 3. The molecule has 2 heterocycles. The van der Waals surface area contributed by atoms with Gasteiger partial charge in [-0.15, -0.1) is 11.3 Å². The van der Waals surface area contributed by atoms with Crippen LogP contribution in [0.4, 0.5) is 0 Å². The van der Waals surface area contributed by atoms with Crippen molar-refractivity contribution in [3.63, 3.8) is 0 Å². The van der Waals surface area contributed by atoms with Gasteiger partial charge in [-0.25, -0.2) is 0 Å². The molecule has 0 radical (unpaired) electrons. The highest BCUT2D eigenvalue weighted by atomic mass is 32.1. The zero-order chi connectivity index (χ0) is 28.5. The lowest BCUT2D eigenvalue weighted by molar-refractivity contribution is 1.19. The van der Waals surface area contributed by atoms with Crippen LogP contribution in [0.3, 0.4) is 0 Å². The summed E-state index contributed by atoms with van der Waals surface area (Å²) in [6.07, 6.45) is 0. The molecular formula is C41H27NS. The van der Waals surface area contributed by atoms with Gasteiger partial charge in [0.15, 0.2) is 0 Å². The van der Waals surface area contributed by atoms with Gasteiger partial charge < -0.3 is 4.57 Å². The van der Waals surface area contributed by atoms with Gasteiger partial charge in [0.25, 0.3) is 0 Å². The average molecular weight is 566 g/mol. The standard InChI is InChI=1S/C41H27NS/c1-26-16-18-28(19-17-26)29-21-23-37-35(24-29)38-32-14-8-9-15-33(32)40-39(41(38)43-37)34-22-20-30(27-10-4-2-5-11-27)25-36(34)42(40)31-12-6-3-7-13-31/h2-25H,1H3. The zero-order valence-electron chi connectivity index (χ0n) is 23.7. The van der Waals surface area contributed by atoms with Crippen molar-refractivity contribution in [3.05, 3.63) is 151 Å². The second-order valence-corrected chi connectivity index (χ2v) is 12.5. The van der Waals surface area contributed by atoms with Crippen molar-refractivity contribution in [2.75, 3.05) is 0 Å². The molecule has 43 heavy (non-hydrogen) atoms. The number of aryl methyl sites for hydroxylation is 1. The molecule has 202 valence electrons. The van der Waals surface area contributed by atoms with E-state index in [1.165, 1.54) is 86.3 Å². The molecule has 0 amide bonds. The number of para-hydroxylation sites is 1. The summed E-state index contributed by atoms with van der Waals surface area (Å²) < 4.78 is 5.17. The molecule has 0 spiro atoms. The third kappa shape index (κ3) is 3.70. The van der Waals surface area contributed by atoms with Crippen LogP contribution in [-0.2, 0) is 0 Å². The summed E-state index contributed by atoms with van der Waals surface area (Å²) >= 11 is 1.92. The van der Waals surface area contributed by atoms with E-state index in [4.69, 9.17) is 0 Å². The highest BCUT2D eigenvalue weighted by Gasteiger charge is 2.22. The molecule has 9 rings (SSSR count). The van der Waals surface area contributed by atoms with E-state index in [1.54, 1.807) is 0 Å². The molecule has 7 aromatic carbocycles. The van der Waals surface area contributed by atoms with Gasteiger partial charge in [0, 0.05) is 42.0 Å². The molecule has 0 N–H and O–H groups in total. The van der Waals surface area contributed by atoms with Gasteiger partial charge in [0.2, 0.25) is 0 Å². The first-order valence-corrected chi connectivity index (χ1v) is 15.6. The van der Waals surface area contributed by atoms with E-state index in [-0.39, 0.29) is 0 Å². The van der Waals surface area contributed by atoms with Gasteiger partial charge >= 0.3 is 0 Å². The minimum Gasteiger partial charge on any atom is -0.309 e. The maximum atomic E-state index is 2.49. The average Bonchev–Trinajstić information content (AvgIpc) is 3.62. The van der Waals surface area contributed by atoms with Gasteiger partial charge in [0.05, 0.1) is 11.0 Å². The molecular weight excluding hydrogens is 539 g/mol. The monoisotopic (exact) mass is 565 g/mol. The molecule has 0 unspecified atom stereocenters. The Morgan fingerprint density at radius 1 is 0.465 bits per heavy atom. The highest BCUT2D eigenvalue weighted by molar-refractivity contribution is 7.27. The lowest BCUT2D eigenvalue weighted by atomic mass is 9.97. The Kier molecular flexibility index (Phi) is 5.35. The fraction of sp³-hybridized carbons (Fsp3) is 0.0244. The molecule has 0 saturated carbocycles. The summed E-state index contributed by atoms with van der Waals surface area (Å²) in [5, 5.41) is 7.91. The van der Waals surface area contributed by atoms with Crippen LogP contribution in [-0.4, -0.2) is 4.57 Å². The molecule has 2 aromatic heterocycles. The Bertz CT molecular complexity index is 2480. The maximum absolute atomic E-state index is 2.49. The molecule has 1 nitrogen and oxygen atoms in total. The van der Waals surface area contributed by atoms with Crippen molar-refractivity contribution >= 4 is 64.1 Å². The van der Waals surface area contributed by atoms with Crippen LogP contribution < -0.4 is 0 Å². The van der Waals surface area contributed by atoms with E-state index in [0.717, 1.165) is 0 Å². The topological polar surface area (TPSA) is 4.93 Å². The first-order chi connectivity index (χ1) is 21.2. The van der Waals surface area contributed by atoms with Crippen molar-refractivity contribution in [1.29, 1.82) is 0 Å². The number of aromatic nitrogens is 1. The van der Waals surface area contributed by atoms with Gasteiger partial charge in [-0.05, 0) is 64.9 Å². The number of hydrogen-bond acceptors (Lipinski definition) is 1. The zero-order valence-corrected chi connectivity index (χ0v) is 24.5. The minimum atomic E-state index is 1.18. The second kappa shape index (κ2) is 9.42. The fourth-order valence-electron chi connectivity index (χ4n) is 6.80. The van der Waals surface area contributed by atoms with E-state index < -0.39 is 0 Å². The summed E-state index contributed by atoms with van der Waals surface area (Å²) in [5.41, 5.74) is 9.95. The minimum absolute atomic E-state index is 1.18. The van der Waals surface area contributed by atoms with Crippen LogP contribution in [0.15, 0.2) is 146 Å². The molecule has 0 aliphatic heterocycles. The molecule has 0 atom stereocenters. The van der Waals surface area contributed by atoms with Crippen LogP contribution in [0.1, 0.15) is 5.56 Å². The fourth-order valence-corrected chi connectivity index (χ4v) is 8.06. The van der Waals surface area contributed by atoms with Gasteiger partial charge in [0.1, 0.15) is 0 Å². The second-order valence-electron chi connectivity index (χ2n) is 11.4. The highest BCUT2D eigenvalue weighted by Crippen LogP contribution is 2.49. The van der Waals surface area contributed by atoms with E-state index in [0.29, 0.717) is 0 Å². The molecule has 2 heteroatoms. The number of hydrogen-bond donors (Lipinski definition) is 0. The lowest BCUT2D eigenvalue weighted by Crippen LogP contribution is -1.94. The van der Waals surface area contributed by atoms with Crippen LogP contribution in [0.25, 0.3) is 80.7 Å². The van der Waals surface area contributed by atoms with Crippen molar-refractivity contribution in [1.82, 2.24) is 4.57 Å². The first-order valence-electron chi connectivity index (χ1n) is 14.8.